The third-order valence-electron chi connectivity index (χ3n) is 3.21. The molecule has 0 bridgehead atoms. The number of carbonyl (C=O) groups is 1. The molecule has 2 atom stereocenters. The molecule has 1 aliphatic rings. The van der Waals surface area contributed by atoms with E-state index in [0.29, 0.717) is 6.42 Å². The van der Waals surface area contributed by atoms with Crippen LogP contribution in [0.25, 0.3) is 0 Å². The Hall–Kier alpha value is -1.42. The number of methoxy groups -OCH3 is 1. The Bertz CT molecular complexity index is 421. The molecule has 2 rings (SSSR count). The van der Waals surface area contributed by atoms with Gasteiger partial charge in [-0.25, -0.2) is 4.39 Å². The highest BCUT2D eigenvalue weighted by Crippen LogP contribution is 2.51. The summed E-state index contributed by atoms with van der Waals surface area (Å²) in [7, 11) is 3.08. The van der Waals surface area contributed by atoms with Gasteiger partial charge in [0.25, 0.3) is 0 Å². The number of halogens is 1. The van der Waals surface area contributed by atoms with E-state index in [9.17, 15) is 9.18 Å². The Balaban J connectivity index is 2.24. The van der Waals surface area contributed by atoms with E-state index in [4.69, 9.17) is 4.74 Å². The maximum absolute atomic E-state index is 13.1. The summed E-state index contributed by atoms with van der Waals surface area (Å²) in [5.74, 6) is -0.566. The molecule has 0 radical (unpaired) electrons. The lowest BCUT2D eigenvalue weighted by atomic mass is 10.1. The first-order valence-corrected chi connectivity index (χ1v) is 5.17. The van der Waals surface area contributed by atoms with E-state index >= 15 is 0 Å². The number of benzene rings is 1. The van der Waals surface area contributed by atoms with Crippen LogP contribution in [0.1, 0.15) is 17.9 Å². The molecule has 1 aliphatic carbocycles. The summed E-state index contributed by atoms with van der Waals surface area (Å²) in [4.78, 5) is 11.6. The first-order chi connectivity index (χ1) is 7.64. The summed E-state index contributed by atoms with van der Waals surface area (Å²) in [5.41, 5.74) is 0.169. The number of hydrogen-bond acceptors (Lipinski definition) is 3. The summed E-state index contributed by atoms with van der Waals surface area (Å²) >= 11 is 0. The second-order valence-electron chi connectivity index (χ2n) is 4.02. The van der Waals surface area contributed by atoms with Crippen molar-refractivity contribution in [2.75, 3.05) is 14.2 Å². The topological polar surface area (TPSA) is 38.3 Å². The lowest BCUT2D eigenvalue weighted by Gasteiger charge is -2.13. The molecule has 0 saturated heterocycles. The Morgan fingerprint density at radius 3 is 2.94 bits per heavy atom. The predicted octanol–water partition coefficient (Wildman–Crippen LogP) is 1.44. The third-order valence-corrected chi connectivity index (χ3v) is 3.21. The number of carbonyl (C=O) groups excluding carboxylic acids is 1. The zero-order valence-corrected chi connectivity index (χ0v) is 9.29. The van der Waals surface area contributed by atoms with E-state index in [2.05, 4.69) is 5.32 Å². The predicted molar refractivity (Wildman–Crippen MR) is 57.6 cm³/mol. The summed E-state index contributed by atoms with van der Waals surface area (Å²) in [6.45, 7) is 0. The van der Waals surface area contributed by atoms with Crippen molar-refractivity contribution in [2.24, 2.45) is 0 Å². The van der Waals surface area contributed by atoms with Crippen LogP contribution in [-0.4, -0.2) is 25.7 Å². The van der Waals surface area contributed by atoms with E-state index in [1.165, 1.54) is 19.2 Å². The van der Waals surface area contributed by atoms with Crippen LogP contribution in [0.5, 0.6) is 0 Å². The molecule has 1 N–H and O–H groups in total. The molecule has 0 spiro atoms. The van der Waals surface area contributed by atoms with Crippen molar-refractivity contribution in [1.82, 2.24) is 5.32 Å². The Morgan fingerprint density at radius 2 is 2.38 bits per heavy atom. The molecule has 0 amide bonds. The van der Waals surface area contributed by atoms with Crippen molar-refractivity contribution >= 4 is 5.97 Å². The first-order valence-electron chi connectivity index (χ1n) is 5.17. The number of esters is 1. The smallest absolute Gasteiger partial charge is 0.326 e. The molecule has 16 heavy (non-hydrogen) atoms. The molecule has 0 aliphatic heterocycles. The van der Waals surface area contributed by atoms with Crippen LogP contribution < -0.4 is 5.32 Å². The lowest BCUT2D eigenvalue weighted by Crippen LogP contribution is -2.39. The fourth-order valence-electron chi connectivity index (χ4n) is 2.17. The highest BCUT2D eigenvalue weighted by atomic mass is 19.1. The van der Waals surface area contributed by atoms with Crippen molar-refractivity contribution in [3.05, 3.63) is 35.6 Å². The molecule has 1 aromatic carbocycles. The van der Waals surface area contributed by atoms with Gasteiger partial charge in [-0.1, -0.05) is 12.1 Å². The van der Waals surface area contributed by atoms with Gasteiger partial charge < -0.3 is 10.1 Å². The lowest BCUT2D eigenvalue weighted by molar-refractivity contribution is -0.144. The van der Waals surface area contributed by atoms with Gasteiger partial charge in [-0.2, -0.15) is 0 Å². The number of hydrogen-bond donors (Lipinski definition) is 1. The minimum Gasteiger partial charge on any atom is -0.468 e. The van der Waals surface area contributed by atoms with E-state index in [1.807, 2.05) is 6.07 Å². The van der Waals surface area contributed by atoms with Crippen LogP contribution >= 0.6 is 0 Å². The summed E-state index contributed by atoms with van der Waals surface area (Å²) in [6.07, 6.45) is 0.652. The van der Waals surface area contributed by atoms with Crippen LogP contribution in [0, 0.1) is 5.82 Å². The van der Waals surface area contributed by atoms with Crippen LogP contribution in [0.15, 0.2) is 24.3 Å². The molecule has 1 fully saturated rings. The van der Waals surface area contributed by atoms with Crippen molar-refractivity contribution in [3.8, 4) is 0 Å². The maximum Gasteiger partial charge on any atom is 0.326 e. The first kappa shape index (κ1) is 11.1. The molecule has 86 valence electrons. The zero-order valence-electron chi connectivity index (χ0n) is 9.29. The van der Waals surface area contributed by atoms with E-state index in [0.717, 1.165) is 5.56 Å². The van der Waals surface area contributed by atoms with Crippen LogP contribution in [0.2, 0.25) is 0 Å². The second-order valence-corrected chi connectivity index (χ2v) is 4.02. The second kappa shape index (κ2) is 3.87. The van der Waals surface area contributed by atoms with Gasteiger partial charge >= 0.3 is 5.97 Å². The fourth-order valence-corrected chi connectivity index (χ4v) is 2.17. The fraction of sp³-hybridized carbons (Fsp3) is 0.417. The minimum absolute atomic E-state index is 0.000602. The van der Waals surface area contributed by atoms with Crippen molar-refractivity contribution in [3.63, 3.8) is 0 Å². The molecule has 4 heteroatoms. The average Bonchev–Trinajstić information content (AvgIpc) is 3.04. The normalized spacial score (nSPS) is 27.6. The van der Waals surface area contributed by atoms with Gasteiger partial charge in [0.2, 0.25) is 0 Å². The minimum atomic E-state index is -0.664. The third kappa shape index (κ3) is 1.59. The highest BCUT2D eigenvalue weighted by molar-refractivity contribution is 5.86. The van der Waals surface area contributed by atoms with Gasteiger partial charge in [0.05, 0.1) is 7.11 Å². The molecule has 3 nitrogen and oxygen atoms in total. The average molecular weight is 223 g/mol. The van der Waals surface area contributed by atoms with E-state index in [1.54, 1.807) is 13.1 Å². The Labute approximate surface area is 93.6 Å². The number of rotatable bonds is 3. The SMILES string of the molecule is CNC1(C(=O)OC)CC1c1cccc(F)c1. The largest absolute Gasteiger partial charge is 0.468 e. The molecule has 1 aromatic rings. The maximum atomic E-state index is 13.1. The molecule has 2 unspecified atom stereocenters. The van der Waals surface area contributed by atoms with Gasteiger partial charge in [-0.15, -0.1) is 0 Å². The van der Waals surface area contributed by atoms with Gasteiger partial charge in [0.1, 0.15) is 11.4 Å². The molecule has 1 saturated carbocycles. The number of nitrogens with one attached hydrogen (secondary N) is 1. The number of ether oxygens (including phenoxy) is 1. The summed E-state index contributed by atoms with van der Waals surface area (Å²) in [6, 6.07) is 6.34. The molecular formula is C12H14FNO2. The van der Waals surface area contributed by atoms with Gasteiger partial charge in [-0.3, -0.25) is 4.79 Å². The van der Waals surface area contributed by atoms with E-state index < -0.39 is 5.54 Å². The van der Waals surface area contributed by atoms with Crippen molar-refractivity contribution in [1.29, 1.82) is 0 Å². The molecule has 0 heterocycles. The van der Waals surface area contributed by atoms with Crippen LogP contribution in [0.3, 0.4) is 0 Å². The van der Waals surface area contributed by atoms with Gasteiger partial charge in [0.15, 0.2) is 0 Å². The summed E-state index contributed by atoms with van der Waals surface area (Å²) < 4.78 is 17.8. The summed E-state index contributed by atoms with van der Waals surface area (Å²) in [5, 5.41) is 2.97. The molecular weight excluding hydrogens is 209 g/mol. The highest BCUT2D eigenvalue weighted by Gasteiger charge is 2.60. The number of likely N-dealkylation sites (N-methyl/N-ethyl adjacent to an activating group) is 1. The van der Waals surface area contributed by atoms with Gasteiger partial charge in [-0.05, 0) is 31.2 Å². The van der Waals surface area contributed by atoms with Gasteiger partial charge in [0, 0.05) is 5.92 Å². The standard InChI is InChI=1S/C12H14FNO2/c1-14-12(11(15)16-2)7-10(12)8-4-3-5-9(13)6-8/h3-6,10,14H,7H2,1-2H3. The van der Waals surface area contributed by atoms with Crippen LogP contribution in [-0.2, 0) is 9.53 Å². The zero-order chi connectivity index (χ0) is 11.8. The Kier molecular flexibility index (Phi) is 2.68. The monoisotopic (exact) mass is 223 g/mol. The van der Waals surface area contributed by atoms with Crippen molar-refractivity contribution < 1.29 is 13.9 Å². The molecule has 0 aromatic heterocycles. The van der Waals surface area contributed by atoms with Crippen LogP contribution in [0.4, 0.5) is 4.39 Å². The van der Waals surface area contributed by atoms with Crippen molar-refractivity contribution in [2.45, 2.75) is 17.9 Å². The Morgan fingerprint density at radius 1 is 1.62 bits per heavy atom. The van der Waals surface area contributed by atoms with E-state index in [-0.39, 0.29) is 17.7 Å². The quantitative estimate of drug-likeness (QED) is 0.788.